The van der Waals surface area contributed by atoms with Gasteiger partial charge in [0.15, 0.2) is 0 Å². The van der Waals surface area contributed by atoms with Gasteiger partial charge in [-0.15, -0.1) is 0 Å². The first kappa shape index (κ1) is 11.5. The third-order valence-electron chi connectivity index (χ3n) is 2.86. The maximum atomic E-state index is 12.0. The van der Waals surface area contributed by atoms with E-state index in [0.717, 1.165) is 11.2 Å². The van der Waals surface area contributed by atoms with Gasteiger partial charge in [0.1, 0.15) is 5.65 Å². The average Bonchev–Trinajstić information content (AvgIpc) is 3.03. The monoisotopic (exact) mass is 255 g/mol. The Labute approximate surface area is 109 Å². The second-order valence-corrected chi connectivity index (χ2v) is 4.32. The topological polar surface area (TPSA) is 64.2 Å². The van der Waals surface area contributed by atoms with Crippen LogP contribution in [-0.4, -0.2) is 25.1 Å². The molecule has 3 aromatic heterocycles. The molecular formula is C13H13N5O. The molecule has 3 rings (SSSR count). The number of nitrogens with zero attached hydrogens (tertiary/aromatic N) is 4. The highest BCUT2D eigenvalue weighted by Crippen LogP contribution is 2.05. The van der Waals surface area contributed by atoms with Gasteiger partial charge in [-0.1, -0.05) is 0 Å². The first-order valence-corrected chi connectivity index (χ1v) is 5.91. The third kappa shape index (κ3) is 2.33. The van der Waals surface area contributed by atoms with Gasteiger partial charge < -0.3 is 9.72 Å². The maximum Gasteiger partial charge on any atom is 0.253 e. The molecule has 0 unspecified atom stereocenters. The zero-order valence-corrected chi connectivity index (χ0v) is 10.4. The molecular weight excluding hydrogens is 242 g/mol. The van der Waals surface area contributed by atoms with Crippen LogP contribution < -0.4 is 5.32 Å². The van der Waals surface area contributed by atoms with Gasteiger partial charge in [-0.2, -0.15) is 5.10 Å². The Bertz CT molecular complexity index is 727. The van der Waals surface area contributed by atoms with Crippen molar-refractivity contribution in [3.63, 3.8) is 0 Å². The summed E-state index contributed by atoms with van der Waals surface area (Å²) in [5.74, 6) is -0.112. The molecule has 6 heteroatoms. The first-order valence-electron chi connectivity index (χ1n) is 5.91. The number of fused-ring (bicyclic) bond motifs is 1. The number of nitrogens with one attached hydrogen (secondary N) is 1. The highest BCUT2D eigenvalue weighted by Gasteiger charge is 2.07. The standard InChI is InChI=1S/C13H13N5O/c1-17-8-10(7-16-17)6-15-13(19)11-2-3-12-14-4-5-18(12)9-11/h2-5,7-9H,6H2,1H3,(H,15,19). The van der Waals surface area contributed by atoms with Crippen LogP contribution in [0.15, 0.2) is 43.1 Å². The van der Waals surface area contributed by atoms with Crippen molar-refractivity contribution >= 4 is 11.6 Å². The molecule has 96 valence electrons. The molecule has 0 saturated heterocycles. The van der Waals surface area contributed by atoms with Crippen LogP contribution in [0.4, 0.5) is 0 Å². The summed E-state index contributed by atoms with van der Waals surface area (Å²) in [6.45, 7) is 0.467. The summed E-state index contributed by atoms with van der Waals surface area (Å²) in [6, 6.07) is 3.58. The van der Waals surface area contributed by atoms with E-state index in [4.69, 9.17) is 0 Å². The van der Waals surface area contributed by atoms with Gasteiger partial charge in [0.2, 0.25) is 0 Å². The van der Waals surface area contributed by atoms with Gasteiger partial charge in [0.05, 0.1) is 11.8 Å². The van der Waals surface area contributed by atoms with E-state index in [9.17, 15) is 4.79 Å². The van der Waals surface area contributed by atoms with Crippen molar-refractivity contribution in [1.82, 2.24) is 24.5 Å². The number of pyridine rings is 1. The number of amides is 1. The third-order valence-corrected chi connectivity index (χ3v) is 2.86. The molecule has 0 atom stereocenters. The lowest BCUT2D eigenvalue weighted by Crippen LogP contribution is -2.22. The molecule has 0 bridgehead atoms. The van der Waals surface area contributed by atoms with Gasteiger partial charge in [0, 0.05) is 43.9 Å². The molecule has 0 aliphatic rings. The van der Waals surface area contributed by atoms with Gasteiger partial charge >= 0.3 is 0 Å². The predicted molar refractivity (Wildman–Crippen MR) is 69.6 cm³/mol. The number of hydrogen-bond donors (Lipinski definition) is 1. The Kier molecular flexibility index (Phi) is 2.75. The highest BCUT2D eigenvalue weighted by atomic mass is 16.1. The van der Waals surface area contributed by atoms with Crippen molar-refractivity contribution in [2.45, 2.75) is 6.54 Å². The normalized spacial score (nSPS) is 10.8. The number of imidazole rings is 1. The van der Waals surface area contributed by atoms with E-state index < -0.39 is 0 Å². The van der Waals surface area contributed by atoms with Crippen LogP contribution in [0, 0.1) is 0 Å². The fourth-order valence-corrected chi connectivity index (χ4v) is 1.90. The van der Waals surface area contributed by atoms with Crippen LogP contribution in [0.25, 0.3) is 5.65 Å². The molecule has 19 heavy (non-hydrogen) atoms. The molecule has 1 amide bonds. The number of carbonyl (C=O) groups is 1. The molecule has 0 spiro atoms. The molecule has 0 aliphatic heterocycles. The summed E-state index contributed by atoms with van der Waals surface area (Å²) >= 11 is 0. The van der Waals surface area contributed by atoms with Crippen LogP contribution in [0.5, 0.6) is 0 Å². The van der Waals surface area contributed by atoms with Crippen LogP contribution >= 0.6 is 0 Å². The summed E-state index contributed by atoms with van der Waals surface area (Å²) in [7, 11) is 1.85. The summed E-state index contributed by atoms with van der Waals surface area (Å²) in [5.41, 5.74) is 2.40. The lowest BCUT2D eigenvalue weighted by Gasteiger charge is -2.04. The molecule has 0 fully saturated rings. The van der Waals surface area contributed by atoms with E-state index in [1.165, 1.54) is 0 Å². The summed E-state index contributed by atoms with van der Waals surface area (Å²) < 4.78 is 3.53. The first-order chi connectivity index (χ1) is 9.22. The largest absolute Gasteiger partial charge is 0.348 e. The minimum absolute atomic E-state index is 0.112. The molecule has 0 saturated carbocycles. The number of aromatic nitrogens is 4. The molecule has 3 aromatic rings. The Morgan fingerprint density at radius 2 is 2.26 bits per heavy atom. The smallest absolute Gasteiger partial charge is 0.253 e. The minimum Gasteiger partial charge on any atom is -0.348 e. The number of aryl methyl sites for hydroxylation is 1. The van der Waals surface area contributed by atoms with Crippen molar-refractivity contribution in [2.75, 3.05) is 0 Å². The SMILES string of the molecule is Cn1cc(CNC(=O)c2ccc3nccn3c2)cn1. The molecule has 6 nitrogen and oxygen atoms in total. The fraction of sp³-hybridized carbons (Fsp3) is 0.154. The second-order valence-electron chi connectivity index (χ2n) is 4.32. The number of carbonyl (C=O) groups excluding carboxylic acids is 1. The van der Waals surface area contributed by atoms with E-state index in [-0.39, 0.29) is 5.91 Å². The Morgan fingerprint density at radius 1 is 1.37 bits per heavy atom. The number of rotatable bonds is 3. The van der Waals surface area contributed by atoms with E-state index in [0.29, 0.717) is 12.1 Å². The van der Waals surface area contributed by atoms with E-state index in [1.807, 2.05) is 29.9 Å². The zero-order valence-electron chi connectivity index (χ0n) is 10.4. The summed E-state index contributed by atoms with van der Waals surface area (Å²) in [6.07, 6.45) is 8.89. The minimum atomic E-state index is -0.112. The lowest BCUT2D eigenvalue weighted by atomic mass is 10.2. The predicted octanol–water partition coefficient (Wildman–Crippen LogP) is 0.998. The van der Waals surface area contributed by atoms with Crippen molar-refractivity contribution in [3.8, 4) is 0 Å². The van der Waals surface area contributed by atoms with Crippen LogP contribution in [0.3, 0.4) is 0 Å². The molecule has 0 aliphatic carbocycles. The second kappa shape index (κ2) is 4.56. The van der Waals surface area contributed by atoms with E-state index in [1.54, 1.807) is 29.3 Å². The molecule has 0 radical (unpaired) electrons. The summed E-state index contributed by atoms with van der Waals surface area (Å²) in [5, 5.41) is 6.91. The lowest BCUT2D eigenvalue weighted by molar-refractivity contribution is 0.0950. The Hall–Kier alpha value is -2.63. The van der Waals surface area contributed by atoms with Crippen LogP contribution in [-0.2, 0) is 13.6 Å². The Morgan fingerprint density at radius 3 is 3.05 bits per heavy atom. The van der Waals surface area contributed by atoms with Crippen molar-refractivity contribution in [3.05, 3.63) is 54.2 Å². The van der Waals surface area contributed by atoms with Crippen molar-refractivity contribution in [1.29, 1.82) is 0 Å². The molecule has 0 aromatic carbocycles. The van der Waals surface area contributed by atoms with Crippen LogP contribution in [0.1, 0.15) is 15.9 Å². The molecule has 1 N–H and O–H groups in total. The summed E-state index contributed by atoms with van der Waals surface area (Å²) in [4.78, 5) is 16.2. The van der Waals surface area contributed by atoms with Crippen molar-refractivity contribution in [2.24, 2.45) is 7.05 Å². The van der Waals surface area contributed by atoms with E-state index in [2.05, 4.69) is 15.4 Å². The highest BCUT2D eigenvalue weighted by molar-refractivity contribution is 5.94. The van der Waals surface area contributed by atoms with Gasteiger partial charge in [-0.3, -0.25) is 9.48 Å². The molecule has 3 heterocycles. The van der Waals surface area contributed by atoms with Crippen LogP contribution in [0.2, 0.25) is 0 Å². The average molecular weight is 255 g/mol. The van der Waals surface area contributed by atoms with Gasteiger partial charge in [-0.25, -0.2) is 4.98 Å². The Balaban J connectivity index is 1.72. The van der Waals surface area contributed by atoms with Crippen molar-refractivity contribution < 1.29 is 4.79 Å². The van der Waals surface area contributed by atoms with Gasteiger partial charge in [-0.05, 0) is 12.1 Å². The number of hydrogen-bond acceptors (Lipinski definition) is 3. The van der Waals surface area contributed by atoms with E-state index >= 15 is 0 Å². The van der Waals surface area contributed by atoms with Gasteiger partial charge in [0.25, 0.3) is 5.91 Å². The quantitative estimate of drug-likeness (QED) is 0.759. The maximum absolute atomic E-state index is 12.0. The fourth-order valence-electron chi connectivity index (χ4n) is 1.90. The zero-order chi connectivity index (χ0) is 13.2.